The van der Waals surface area contributed by atoms with E-state index in [0.29, 0.717) is 23.4 Å². The van der Waals surface area contributed by atoms with Crippen LogP contribution in [-0.2, 0) is 12.0 Å². The fourth-order valence-corrected chi connectivity index (χ4v) is 4.03. The summed E-state index contributed by atoms with van der Waals surface area (Å²) in [7, 11) is 0. The minimum absolute atomic E-state index is 0.00193. The number of amides is 1. The number of aromatic hydroxyl groups is 1. The van der Waals surface area contributed by atoms with Gasteiger partial charge in [0.15, 0.2) is 0 Å². The van der Waals surface area contributed by atoms with E-state index in [0.717, 1.165) is 47.9 Å². The second kappa shape index (κ2) is 8.32. The fourth-order valence-electron chi connectivity index (χ4n) is 4.03. The molecule has 0 aliphatic carbocycles. The first-order chi connectivity index (χ1) is 13.8. The van der Waals surface area contributed by atoms with Crippen LogP contribution >= 0.6 is 0 Å². The molecule has 0 fully saturated rings. The molecule has 154 valence electrons. The van der Waals surface area contributed by atoms with Crippen LogP contribution in [0.2, 0.25) is 0 Å². The van der Waals surface area contributed by atoms with E-state index in [9.17, 15) is 9.90 Å². The lowest BCUT2D eigenvalue weighted by atomic mass is 9.83. The Hall–Kier alpha value is -2.75. The van der Waals surface area contributed by atoms with Gasteiger partial charge in [0.2, 0.25) is 0 Å². The molecule has 4 heteroatoms. The molecule has 0 aromatic heterocycles. The van der Waals surface area contributed by atoms with E-state index in [1.807, 2.05) is 39.0 Å². The number of hydrogen-bond donors (Lipinski definition) is 2. The number of carbonyl (C=O) groups is 1. The molecule has 29 heavy (non-hydrogen) atoms. The number of hydrogen-bond acceptors (Lipinski definition) is 3. The maximum absolute atomic E-state index is 12.9. The molecule has 2 aromatic carbocycles. The van der Waals surface area contributed by atoms with Gasteiger partial charge < -0.3 is 15.2 Å². The average Bonchev–Trinajstić information content (AvgIpc) is 2.65. The molecular formula is C25H31NO3. The van der Waals surface area contributed by atoms with E-state index in [-0.39, 0.29) is 11.7 Å². The lowest BCUT2D eigenvalue weighted by Crippen LogP contribution is -2.30. The number of aryl methyl sites for hydroxylation is 2. The van der Waals surface area contributed by atoms with Crippen LogP contribution in [0.3, 0.4) is 0 Å². The Bertz CT molecular complexity index is 944. The molecule has 1 aliphatic heterocycles. The zero-order valence-electron chi connectivity index (χ0n) is 17.9. The van der Waals surface area contributed by atoms with Crippen LogP contribution < -0.4 is 10.1 Å². The van der Waals surface area contributed by atoms with Crippen LogP contribution in [0.1, 0.15) is 67.1 Å². The van der Waals surface area contributed by atoms with E-state index >= 15 is 0 Å². The lowest BCUT2D eigenvalue weighted by Gasteiger charge is -2.36. The molecule has 0 atom stereocenters. The molecular weight excluding hydrogens is 362 g/mol. The highest BCUT2D eigenvalue weighted by Gasteiger charge is 2.36. The first-order valence-corrected chi connectivity index (χ1v) is 10.4. The maximum Gasteiger partial charge on any atom is 0.255 e. The predicted molar refractivity (Wildman–Crippen MR) is 118 cm³/mol. The van der Waals surface area contributed by atoms with E-state index in [1.165, 1.54) is 0 Å². The Balaban J connectivity index is 2.21. The quantitative estimate of drug-likeness (QED) is 0.472. The number of fused-ring (bicyclic) bond motifs is 3. The van der Waals surface area contributed by atoms with E-state index < -0.39 is 5.60 Å². The lowest BCUT2D eigenvalue weighted by molar-refractivity contribution is 0.0952. The summed E-state index contributed by atoms with van der Waals surface area (Å²) in [6.07, 6.45) is 5.46. The number of rotatable bonds is 7. The topological polar surface area (TPSA) is 58.6 Å². The summed E-state index contributed by atoms with van der Waals surface area (Å²) in [5.74, 6) is 0.353. The molecule has 3 rings (SSSR count). The third-order valence-electron chi connectivity index (χ3n) is 5.49. The third kappa shape index (κ3) is 4.02. The van der Waals surface area contributed by atoms with Crippen molar-refractivity contribution in [2.24, 2.45) is 0 Å². The largest absolute Gasteiger partial charge is 0.506 e. The van der Waals surface area contributed by atoms with Crippen LogP contribution in [0.25, 0.3) is 11.1 Å². The van der Waals surface area contributed by atoms with Gasteiger partial charge in [-0.05, 0) is 50.8 Å². The summed E-state index contributed by atoms with van der Waals surface area (Å²) in [4.78, 5) is 12.9. The summed E-state index contributed by atoms with van der Waals surface area (Å²) >= 11 is 0. The molecule has 0 radical (unpaired) electrons. The Morgan fingerprint density at radius 2 is 2.03 bits per heavy atom. The third-order valence-corrected chi connectivity index (χ3v) is 5.49. The number of phenols is 1. The smallest absolute Gasteiger partial charge is 0.255 e. The van der Waals surface area contributed by atoms with Crippen molar-refractivity contribution >= 4 is 5.91 Å². The molecule has 0 saturated carbocycles. The van der Waals surface area contributed by atoms with Gasteiger partial charge in [0.1, 0.15) is 17.1 Å². The van der Waals surface area contributed by atoms with Crippen LogP contribution in [0.4, 0.5) is 0 Å². The van der Waals surface area contributed by atoms with E-state index in [2.05, 4.69) is 24.9 Å². The van der Waals surface area contributed by atoms with Gasteiger partial charge in [-0.1, -0.05) is 49.6 Å². The summed E-state index contributed by atoms with van der Waals surface area (Å²) in [5.41, 5.74) is 4.27. The molecule has 0 unspecified atom stereocenters. The Kier molecular flexibility index (Phi) is 6.02. The Morgan fingerprint density at radius 1 is 1.28 bits per heavy atom. The highest BCUT2D eigenvalue weighted by molar-refractivity contribution is 6.02. The zero-order valence-corrected chi connectivity index (χ0v) is 17.9. The van der Waals surface area contributed by atoms with Crippen molar-refractivity contribution in [3.63, 3.8) is 0 Å². The predicted octanol–water partition coefficient (Wildman–Crippen LogP) is 5.64. The minimum Gasteiger partial charge on any atom is -0.506 e. The molecule has 2 aromatic rings. The maximum atomic E-state index is 12.9. The number of benzene rings is 2. The van der Waals surface area contributed by atoms with Gasteiger partial charge >= 0.3 is 0 Å². The van der Waals surface area contributed by atoms with E-state index in [1.54, 1.807) is 6.08 Å². The number of unbranched alkanes of at least 4 members (excludes halogenated alkanes) is 2. The van der Waals surface area contributed by atoms with Crippen molar-refractivity contribution in [3.8, 4) is 22.6 Å². The Labute approximate surface area is 173 Å². The monoisotopic (exact) mass is 393 g/mol. The molecule has 0 spiro atoms. The first kappa shape index (κ1) is 21.0. The summed E-state index contributed by atoms with van der Waals surface area (Å²) in [6, 6.07) is 8.09. The SMILES string of the molecule is C=CCNC(=O)c1c(CCCCC)cc2c(c1O)-c1cc(C)ccc1C(C)(C)O2. The normalized spacial score (nSPS) is 13.8. The molecule has 1 aliphatic rings. The molecule has 1 amide bonds. The van der Waals surface area contributed by atoms with Crippen LogP contribution in [-0.4, -0.2) is 17.6 Å². The van der Waals surface area contributed by atoms with Crippen molar-refractivity contribution in [3.05, 3.63) is 59.2 Å². The molecule has 1 heterocycles. The molecule has 0 bridgehead atoms. The summed E-state index contributed by atoms with van der Waals surface area (Å²) < 4.78 is 6.32. The number of phenolic OH excluding ortho intramolecular Hbond substituents is 1. The summed E-state index contributed by atoms with van der Waals surface area (Å²) in [6.45, 7) is 12.2. The van der Waals surface area contributed by atoms with E-state index in [4.69, 9.17) is 4.74 Å². The Morgan fingerprint density at radius 3 is 2.72 bits per heavy atom. The average molecular weight is 394 g/mol. The van der Waals surface area contributed by atoms with Gasteiger partial charge in [-0.25, -0.2) is 0 Å². The zero-order chi connectivity index (χ0) is 21.2. The van der Waals surface area contributed by atoms with Crippen LogP contribution in [0.5, 0.6) is 11.5 Å². The summed E-state index contributed by atoms with van der Waals surface area (Å²) in [5, 5.41) is 14.1. The minimum atomic E-state index is -0.518. The second-order valence-electron chi connectivity index (χ2n) is 8.25. The first-order valence-electron chi connectivity index (χ1n) is 10.4. The van der Waals surface area contributed by atoms with Gasteiger partial charge in [-0.15, -0.1) is 6.58 Å². The van der Waals surface area contributed by atoms with Gasteiger partial charge in [0.25, 0.3) is 5.91 Å². The van der Waals surface area contributed by atoms with Gasteiger partial charge in [-0.3, -0.25) is 4.79 Å². The van der Waals surface area contributed by atoms with Crippen molar-refractivity contribution in [1.82, 2.24) is 5.32 Å². The number of carbonyl (C=O) groups excluding carboxylic acids is 1. The van der Waals surface area contributed by atoms with Gasteiger partial charge in [0.05, 0.1) is 11.1 Å². The molecule has 4 nitrogen and oxygen atoms in total. The fraction of sp³-hybridized carbons (Fsp3) is 0.400. The van der Waals surface area contributed by atoms with Crippen LogP contribution in [0.15, 0.2) is 36.9 Å². The van der Waals surface area contributed by atoms with Crippen molar-refractivity contribution < 1.29 is 14.6 Å². The molecule has 0 saturated heterocycles. The van der Waals surface area contributed by atoms with Crippen LogP contribution in [0, 0.1) is 6.92 Å². The van der Waals surface area contributed by atoms with Gasteiger partial charge in [0, 0.05) is 12.1 Å². The highest BCUT2D eigenvalue weighted by Crippen LogP contribution is 2.51. The number of ether oxygens (including phenoxy) is 1. The van der Waals surface area contributed by atoms with Crippen molar-refractivity contribution in [2.45, 2.75) is 59.0 Å². The van der Waals surface area contributed by atoms with Gasteiger partial charge in [-0.2, -0.15) is 0 Å². The van der Waals surface area contributed by atoms with Crippen molar-refractivity contribution in [1.29, 1.82) is 0 Å². The molecule has 2 N–H and O–H groups in total. The number of nitrogens with one attached hydrogen (secondary N) is 1. The highest BCUT2D eigenvalue weighted by atomic mass is 16.5. The van der Waals surface area contributed by atoms with Crippen molar-refractivity contribution in [2.75, 3.05) is 6.54 Å². The standard InChI is InChI=1S/C25H31NO3/c1-6-8-9-10-17-15-20-22(23(27)21(17)24(28)26-13-7-2)18-14-16(3)11-12-19(18)25(4,5)29-20/h7,11-12,14-15,27H,2,6,8-10,13H2,1,3-5H3,(H,26,28). The second-order valence-corrected chi connectivity index (χ2v) is 8.25.